The van der Waals surface area contributed by atoms with Crippen LogP contribution in [-0.2, 0) is 20.1 Å². The van der Waals surface area contributed by atoms with Gasteiger partial charge in [0.1, 0.15) is 0 Å². The summed E-state index contributed by atoms with van der Waals surface area (Å²) in [6.45, 7) is 0. The van der Waals surface area contributed by atoms with Gasteiger partial charge in [-0.2, -0.15) is 0 Å². The van der Waals surface area contributed by atoms with Crippen molar-refractivity contribution in [2.75, 3.05) is 0 Å². The van der Waals surface area contributed by atoms with Crippen LogP contribution in [0.5, 0.6) is 0 Å². The summed E-state index contributed by atoms with van der Waals surface area (Å²) in [6.07, 6.45) is 1.52. The fourth-order valence-corrected chi connectivity index (χ4v) is 1.65. The first-order valence-electron chi connectivity index (χ1n) is 8.01. The van der Waals surface area contributed by atoms with Crippen LogP contribution in [0.15, 0.2) is 72.8 Å². The molecule has 0 N–H and O–H groups in total. The predicted octanol–water partition coefficient (Wildman–Crippen LogP) is 4.21. The molecule has 0 unspecified atom stereocenters. The third kappa shape index (κ3) is 3.17. The first kappa shape index (κ1) is 8.42. The van der Waals surface area contributed by atoms with Crippen LogP contribution in [-0.4, -0.2) is 4.98 Å². The van der Waals surface area contributed by atoms with E-state index in [1.807, 2.05) is 18.2 Å². The van der Waals surface area contributed by atoms with Crippen LogP contribution in [0.3, 0.4) is 0 Å². The molecule has 2 heteroatoms. The second kappa shape index (κ2) is 6.42. The summed E-state index contributed by atoms with van der Waals surface area (Å²) in [4.78, 5) is 4.32. The molecule has 19 heavy (non-hydrogen) atoms. The van der Waals surface area contributed by atoms with E-state index >= 15 is 0 Å². The number of pyridine rings is 1. The van der Waals surface area contributed by atoms with E-state index in [0.717, 1.165) is 5.56 Å². The normalized spacial score (nSPS) is 13.4. The van der Waals surface area contributed by atoms with Gasteiger partial charge in [-0.3, -0.25) is 0 Å². The second-order valence-corrected chi connectivity index (χ2v) is 3.71. The van der Waals surface area contributed by atoms with Crippen molar-refractivity contribution in [2.45, 2.75) is 0 Å². The maximum absolute atomic E-state index is 7.98. The van der Waals surface area contributed by atoms with E-state index in [9.17, 15) is 0 Å². The van der Waals surface area contributed by atoms with Crippen molar-refractivity contribution in [1.29, 1.82) is 0 Å². The molecule has 1 nitrogen and oxygen atoms in total. The molecule has 1 heterocycles. The van der Waals surface area contributed by atoms with Crippen molar-refractivity contribution in [3.63, 3.8) is 0 Å². The van der Waals surface area contributed by atoms with Gasteiger partial charge in [0.2, 0.25) is 0 Å². The van der Waals surface area contributed by atoms with Gasteiger partial charge in [0.05, 0.1) is 6.85 Å². The molecule has 3 rings (SSSR count). The maximum Gasteiger partial charge on any atom is 0.0629 e. The predicted molar refractivity (Wildman–Crippen MR) is 73.9 cm³/mol. The Morgan fingerprint density at radius 2 is 1.79 bits per heavy atom. The molecule has 0 aliphatic carbocycles. The van der Waals surface area contributed by atoms with E-state index < -0.39 is 6.04 Å². The van der Waals surface area contributed by atoms with Crippen LogP contribution in [0.1, 0.15) is 6.85 Å². The van der Waals surface area contributed by atoms with E-state index in [4.69, 9.17) is 6.85 Å². The Hall–Kier alpha value is -1.76. The Balaban J connectivity index is 0.00000208. The molecule has 0 atom stereocenters. The number of hydrogen-bond donors (Lipinski definition) is 0. The minimum absolute atomic E-state index is 0. The van der Waals surface area contributed by atoms with Gasteiger partial charge in [0, 0.05) is 26.3 Å². The zero-order chi connectivity index (χ0) is 16.6. The third-order valence-electron chi connectivity index (χ3n) is 2.54. The maximum atomic E-state index is 7.98. The van der Waals surface area contributed by atoms with E-state index in [1.165, 1.54) is 6.20 Å². The number of benzene rings is 2. The first-order valence-corrected chi connectivity index (χ1v) is 5.51. The zero-order valence-corrected chi connectivity index (χ0v) is 12.2. The average molecular weight is 428 g/mol. The monoisotopic (exact) mass is 428 g/mol. The zero-order valence-electron chi connectivity index (χ0n) is 14.8. The van der Waals surface area contributed by atoms with Crippen LogP contribution < -0.4 is 0 Å². The van der Waals surface area contributed by atoms with Gasteiger partial charge in [0.25, 0.3) is 0 Å². The van der Waals surface area contributed by atoms with Gasteiger partial charge < -0.3 is 4.98 Å². The molecule has 0 saturated heterocycles. The Kier molecular flexibility index (Phi) is 2.84. The molecule has 95 valence electrons. The Bertz CT molecular complexity index is 837. The van der Waals surface area contributed by atoms with Gasteiger partial charge in [-0.1, -0.05) is 42.3 Å². The van der Waals surface area contributed by atoms with E-state index in [0.29, 0.717) is 11.3 Å². The van der Waals surface area contributed by atoms with Crippen molar-refractivity contribution >= 4 is 0 Å². The minimum Gasteiger partial charge on any atom is -0.304 e. The van der Waals surface area contributed by atoms with Gasteiger partial charge in [0.15, 0.2) is 0 Å². The molecule has 0 spiro atoms. The van der Waals surface area contributed by atoms with Gasteiger partial charge in [-0.15, -0.1) is 35.9 Å². The third-order valence-corrected chi connectivity index (χ3v) is 2.54. The van der Waals surface area contributed by atoms with Gasteiger partial charge in [-0.05, 0) is 16.8 Å². The van der Waals surface area contributed by atoms with Gasteiger partial charge >= 0.3 is 0 Å². The van der Waals surface area contributed by atoms with E-state index in [1.54, 1.807) is 18.2 Å². The Morgan fingerprint density at radius 3 is 2.42 bits per heavy atom. The fourth-order valence-electron chi connectivity index (χ4n) is 1.65. The Labute approximate surface area is 133 Å². The molecule has 0 bridgehead atoms. The molecule has 1 aromatic heterocycles. The summed E-state index contributed by atoms with van der Waals surface area (Å²) in [5, 5.41) is 0. The molecule has 0 amide bonds. The second-order valence-electron chi connectivity index (χ2n) is 3.71. The molecule has 3 aromatic rings. The minimum atomic E-state index is -0.396. The van der Waals surface area contributed by atoms with E-state index in [-0.39, 0.29) is 49.8 Å². The quantitative estimate of drug-likeness (QED) is 0.559. The topological polar surface area (TPSA) is 12.9 Å². The largest absolute Gasteiger partial charge is 0.304 e. The molecule has 0 aliphatic heterocycles. The summed E-state index contributed by atoms with van der Waals surface area (Å²) in [6, 6.07) is 12.4. The molecule has 1 radical (unpaired) electrons. The van der Waals surface area contributed by atoms with Crippen molar-refractivity contribution < 1.29 is 27.0 Å². The molecular weight excluding hydrogens is 410 g/mol. The molecule has 0 fully saturated rings. The van der Waals surface area contributed by atoms with E-state index in [2.05, 4.69) is 11.1 Å². The number of rotatable bonds is 2. The summed E-state index contributed by atoms with van der Waals surface area (Å²) in [7, 11) is 0. The smallest absolute Gasteiger partial charge is 0.0629 e. The van der Waals surface area contributed by atoms with Crippen LogP contribution in [0.2, 0.25) is 0 Å². The molecule has 2 aromatic carbocycles. The Morgan fingerprint density at radius 1 is 0.947 bits per heavy atom. The standard InChI is InChI=1S/C17H12N.Ir/c1-3-7-14(8-4-1)16-11-12-17(18-13-16)15-9-5-2-6-10-15;/h1-9,11-13H;/q-1;/i1D,3D,4D,7D,8D;. The summed E-state index contributed by atoms with van der Waals surface area (Å²) in [5.41, 5.74) is 2.19. The van der Waals surface area contributed by atoms with Crippen molar-refractivity contribution in [3.8, 4) is 22.4 Å². The van der Waals surface area contributed by atoms with Crippen molar-refractivity contribution in [2.24, 2.45) is 0 Å². The average Bonchev–Trinajstić information content (AvgIpc) is 2.60. The van der Waals surface area contributed by atoms with Gasteiger partial charge in [-0.25, -0.2) is 0 Å². The van der Waals surface area contributed by atoms with Crippen LogP contribution in [0.25, 0.3) is 22.4 Å². The van der Waals surface area contributed by atoms with Crippen molar-refractivity contribution in [3.05, 3.63) is 78.9 Å². The summed E-state index contributed by atoms with van der Waals surface area (Å²) < 4.78 is 39.1. The summed E-state index contributed by atoms with van der Waals surface area (Å²) in [5.74, 6) is 0. The van der Waals surface area contributed by atoms with Crippen LogP contribution in [0, 0.1) is 6.07 Å². The van der Waals surface area contributed by atoms with Crippen LogP contribution >= 0.6 is 0 Å². The first-order chi connectivity index (χ1) is 11.0. The molecule has 0 saturated carbocycles. The molecule has 0 aliphatic rings. The van der Waals surface area contributed by atoms with Crippen molar-refractivity contribution in [1.82, 2.24) is 4.98 Å². The SMILES string of the molecule is [2H]c1c([2H])c([2H])c(-c2ccc(-c3[c-]cccc3)nc2)c([2H])c1[2H].[Ir]. The summed E-state index contributed by atoms with van der Waals surface area (Å²) >= 11 is 0. The number of nitrogens with zero attached hydrogens (tertiary/aromatic N) is 1. The van der Waals surface area contributed by atoms with Crippen LogP contribution in [0.4, 0.5) is 0 Å². The number of hydrogen-bond acceptors (Lipinski definition) is 1. The number of aromatic nitrogens is 1. The molecular formula is C17H12IrN-. The fraction of sp³-hybridized carbons (Fsp3) is 0.